The number of aromatic amines is 1. The maximum absolute atomic E-state index is 12.8. The molecule has 1 aromatic heterocycles. The normalized spacial score (nSPS) is 18.9. The largest absolute Gasteiger partial charge is 0.488 e. The fraction of sp³-hybridized carbons (Fsp3) is 0.409. The van der Waals surface area contributed by atoms with Gasteiger partial charge in [-0.3, -0.25) is 14.7 Å². The lowest BCUT2D eigenvalue weighted by Gasteiger charge is -2.31. The van der Waals surface area contributed by atoms with Crippen molar-refractivity contribution in [1.82, 2.24) is 15.1 Å². The molecule has 1 aromatic carbocycles. The molecule has 1 aliphatic carbocycles. The Bertz CT molecular complexity index is 928. The Kier molecular flexibility index (Phi) is 5.38. The number of para-hydroxylation sites is 2. The summed E-state index contributed by atoms with van der Waals surface area (Å²) in [5.41, 5.74) is 3.19. The van der Waals surface area contributed by atoms with Crippen LogP contribution in [0.25, 0.3) is 0 Å². The number of hydrogen-bond donors (Lipinski definition) is 2. The second-order valence-electron chi connectivity index (χ2n) is 7.70. The van der Waals surface area contributed by atoms with Crippen LogP contribution in [-0.2, 0) is 11.2 Å². The van der Waals surface area contributed by atoms with Gasteiger partial charge in [0, 0.05) is 37.2 Å². The van der Waals surface area contributed by atoms with Crippen molar-refractivity contribution >= 4 is 17.5 Å². The molecule has 2 aliphatic rings. The van der Waals surface area contributed by atoms with E-state index in [2.05, 4.69) is 29.0 Å². The Morgan fingerprint density at radius 3 is 2.79 bits per heavy atom. The highest BCUT2D eigenvalue weighted by Crippen LogP contribution is 2.34. The molecule has 2 heterocycles. The Morgan fingerprint density at radius 2 is 2.03 bits per heavy atom. The quantitative estimate of drug-likeness (QED) is 0.762. The fourth-order valence-corrected chi connectivity index (χ4v) is 4.09. The van der Waals surface area contributed by atoms with E-state index in [0.717, 1.165) is 36.9 Å². The monoisotopic (exact) mass is 394 g/mol. The molecule has 0 radical (unpaired) electrons. The number of rotatable bonds is 5. The van der Waals surface area contributed by atoms with Crippen molar-refractivity contribution < 1.29 is 14.3 Å². The average molecular weight is 394 g/mol. The van der Waals surface area contributed by atoms with E-state index < -0.39 is 0 Å². The highest BCUT2D eigenvalue weighted by Gasteiger charge is 2.28. The minimum Gasteiger partial charge on any atom is -0.488 e. The molecule has 0 spiro atoms. The molecule has 2 amide bonds. The van der Waals surface area contributed by atoms with Gasteiger partial charge in [-0.25, -0.2) is 0 Å². The van der Waals surface area contributed by atoms with E-state index in [1.807, 2.05) is 24.3 Å². The molecule has 2 aromatic rings. The zero-order valence-corrected chi connectivity index (χ0v) is 16.6. The molecule has 29 heavy (non-hydrogen) atoms. The van der Waals surface area contributed by atoms with E-state index in [-0.39, 0.29) is 17.9 Å². The number of hydrogen-bond acceptors (Lipinski definition) is 4. The van der Waals surface area contributed by atoms with E-state index in [4.69, 9.17) is 4.74 Å². The van der Waals surface area contributed by atoms with Crippen molar-refractivity contribution in [3.8, 4) is 5.75 Å². The van der Waals surface area contributed by atoms with Crippen molar-refractivity contribution in [3.63, 3.8) is 0 Å². The molecule has 1 atom stereocenters. The number of aromatic nitrogens is 2. The molecule has 0 saturated carbocycles. The Labute approximate surface area is 170 Å². The van der Waals surface area contributed by atoms with Crippen molar-refractivity contribution in [2.75, 3.05) is 18.4 Å². The predicted octanol–water partition coefficient (Wildman–Crippen LogP) is 3.27. The Balaban J connectivity index is 1.43. The van der Waals surface area contributed by atoms with E-state index in [9.17, 15) is 9.59 Å². The second kappa shape index (κ2) is 8.11. The van der Waals surface area contributed by atoms with Gasteiger partial charge in [0.25, 0.3) is 5.91 Å². The summed E-state index contributed by atoms with van der Waals surface area (Å²) >= 11 is 0. The fourth-order valence-electron chi connectivity index (χ4n) is 4.09. The SMILES string of the molecule is C=CC(=O)N1CCC(Oc2ccccc2NC(=O)c2n[nH]c3c2CCC3C)CC1. The van der Waals surface area contributed by atoms with Crippen molar-refractivity contribution in [2.24, 2.45) is 0 Å². The number of amides is 2. The zero-order chi connectivity index (χ0) is 20.4. The molecule has 152 valence electrons. The van der Waals surface area contributed by atoms with Crippen molar-refractivity contribution in [2.45, 2.75) is 44.6 Å². The number of H-pyrrole nitrogens is 1. The third-order valence-corrected chi connectivity index (χ3v) is 5.79. The number of piperidine rings is 1. The molecule has 1 unspecified atom stereocenters. The number of nitrogens with zero attached hydrogens (tertiary/aromatic N) is 2. The summed E-state index contributed by atoms with van der Waals surface area (Å²) in [6.07, 6.45) is 4.74. The number of ether oxygens (including phenoxy) is 1. The molecule has 7 heteroatoms. The van der Waals surface area contributed by atoms with Crippen LogP contribution in [0.3, 0.4) is 0 Å². The number of carbonyl (C=O) groups excluding carboxylic acids is 2. The molecule has 0 bridgehead atoms. The number of fused-ring (bicyclic) bond motifs is 1. The maximum atomic E-state index is 12.8. The minimum atomic E-state index is -0.223. The first kappa shape index (κ1) is 19.2. The average Bonchev–Trinajstić information content (AvgIpc) is 3.32. The first-order valence-electron chi connectivity index (χ1n) is 10.1. The lowest BCUT2D eigenvalue weighted by atomic mass is 10.1. The van der Waals surface area contributed by atoms with E-state index in [1.54, 1.807) is 4.90 Å². The minimum absolute atomic E-state index is 0.00241. The number of anilines is 1. The van der Waals surface area contributed by atoms with Gasteiger partial charge in [0.05, 0.1) is 5.69 Å². The number of carbonyl (C=O) groups is 2. The Hall–Kier alpha value is -3.09. The molecule has 2 N–H and O–H groups in total. The molecule has 1 fully saturated rings. The third kappa shape index (κ3) is 3.90. The van der Waals surface area contributed by atoms with Gasteiger partial charge in [-0.15, -0.1) is 0 Å². The van der Waals surface area contributed by atoms with E-state index in [1.165, 1.54) is 6.08 Å². The van der Waals surface area contributed by atoms with Crippen molar-refractivity contribution in [1.29, 1.82) is 0 Å². The summed E-state index contributed by atoms with van der Waals surface area (Å²) in [6, 6.07) is 7.44. The van der Waals surface area contributed by atoms with Crippen molar-refractivity contribution in [3.05, 3.63) is 53.9 Å². The van der Waals surface area contributed by atoms with Gasteiger partial charge in [0.1, 0.15) is 11.9 Å². The lowest BCUT2D eigenvalue weighted by Crippen LogP contribution is -2.41. The molecule has 1 aliphatic heterocycles. The Morgan fingerprint density at radius 1 is 1.28 bits per heavy atom. The topological polar surface area (TPSA) is 87.3 Å². The van der Waals surface area contributed by atoms with Crippen LogP contribution >= 0.6 is 0 Å². The predicted molar refractivity (Wildman–Crippen MR) is 110 cm³/mol. The first-order valence-corrected chi connectivity index (χ1v) is 10.1. The van der Waals surface area contributed by atoms with Gasteiger partial charge in [0.15, 0.2) is 5.69 Å². The lowest BCUT2D eigenvalue weighted by molar-refractivity contribution is -0.127. The van der Waals surface area contributed by atoms with Crippen LogP contribution in [0.5, 0.6) is 5.75 Å². The van der Waals surface area contributed by atoms with Crippen LogP contribution in [0.15, 0.2) is 36.9 Å². The standard InChI is InChI=1S/C22H26N4O3/c1-3-19(27)26-12-10-15(11-13-26)29-18-7-5-4-6-17(18)23-22(28)21-16-9-8-14(2)20(16)24-25-21/h3-7,14-15H,1,8-13H2,2H3,(H,23,28)(H,24,25). The van der Waals surface area contributed by atoms with Crippen LogP contribution in [0, 0.1) is 0 Å². The number of nitrogens with one attached hydrogen (secondary N) is 2. The van der Waals surface area contributed by atoms with Crippen LogP contribution in [0.2, 0.25) is 0 Å². The number of likely N-dealkylation sites (tertiary alicyclic amines) is 1. The van der Waals surface area contributed by atoms with Crippen LogP contribution in [-0.4, -0.2) is 46.1 Å². The van der Waals surface area contributed by atoms with Crippen LogP contribution in [0.1, 0.15) is 53.8 Å². The van der Waals surface area contributed by atoms with Crippen LogP contribution < -0.4 is 10.1 Å². The summed E-state index contributed by atoms with van der Waals surface area (Å²) in [6.45, 7) is 6.96. The second-order valence-corrected chi connectivity index (χ2v) is 7.70. The number of benzene rings is 1. The summed E-state index contributed by atoms with van der Waals surface area (Å²) < 4.78 is 6.17. The summed E-state index contributed by atoms with van der Waals surface area (Å²) in [5.74, 6) is 0.777. The van der Waals surface area contributed by atoms with Gasteiger partial charge in [0.2, 0.25) is 5.91 Å². The molecule has 4 rings (SSSR count). The smallest absolute Gasteiger partial charge is 0.276 e. The van der Waals surface area contributed by atoms with Gasteiger partial charge in [-0.1, -0.05) is 25.6 Å². The first-order chi connectivity index (χ1) is 14.1. The molecular weight excluding hydrogens is 368 g/mol. The third-order valence-electron chi connectivity index (χ3n) is 5.79. The van der Waals surface area contributed by atoms with Gasteiger partial charge in [-0.2, -0.15) is 5.10 Å². The molecular formula is C22H26N4O3. The van der Waals surface area contributed by atoms with Gasteiger partial charge < -0.3 is 15.0 Å². The summed E-state index contributed by atoms with van der Waals surface area (Å²) in [4.78, 5) is 26.3. The van der Waals surface area contributed by atoms with Gasteiger partial charge in [-0.05, 0) is 37.0 Å². The zero-order valence-electron chi connectivity index (χ0n) is 16.6. The summed E-state index contributed by atoms with van der Waals surface area (Å²) in [5, 5.41) is 10.2. The van der Waals surface area contributed by atoms with Gasteiger partial charge >= 0.3 is 0 Å². The molecule has 7 nitrogen and oxygen atoms in total. The van der Waals surface area contributed by atoms with E-state index in [0.29, 0.717) is 36.1 Å². The highest BCUT2D eigenvalue weighted by molar-refractivity contribution is 6.04. The highest BCUT2D eigenvalue weighted by atomic mass is 16.5. The van der Waals surface area contributed by atoms with E-state index >= 15 is 0 Å². The maximum Gasteiger partial charge on any atom is 0.276 e. The van der Waals surface area contributed by atoms with Crippen LogP contribution in [0.4, 0.5) is 5.69 Å². The summed E-state index contributed by atoms with van der Waals surface area (Å²) in [7, 11) is 0. The molecule has 1 saturated heterocycles.